The van der Waals surface area contributed by atoms with Crippen LogP contribution < -0.4 is 5.32 Å². The number of ether oxygens (including phenoxy) is 1. The molecule has 0 aliphatic heterocycles. The first-order valence-electron chi connectivity index (χ1n) is 6.94. The minimum atomic E-state index is -3.72. The topological polar surface area (TPSA) is 72.5 Å². The lowest BCUT2D eigenvalue weighted by molar-refractivity contribution is -0.140. The van der Waals surface area contributed by atoms with Crippen molar-refractivity contribution in [3.8, 4) is 0 Å². The van der Waals surface area contributed by atoms with Crippen LogP contribution in [-0.2, 0) is 19.4 Å². The average Bonchev–Trinajstić information content (AvgIpc) is 2.54. The number of sulfone groups is 1. The Balaban J connectivity index is 2.32. The van der Waals surface area contributed by atoms with E-state index < -0.39 is 15.8 Å². The Labute approximate surface area is 140 Å². The molecule has 0 fully saturated rings. The van der Waals surface area contributed by atoms with Crippen LogP contribution in [-0.4, -0.2) is 27.5 Å². The first kappa shape index (κ1) is 17.3. The maximum absolute atomic E-state index is 12.7. The molecule has 2 aromatic rings. The van der Waals surface area contributed by atoms with Crippen molar-refractivity contribution in [3.05, 3.63) is 53.6 Å². The van der Waals surface area contributed by atoms with E-state index in [4.69, 9.17) is 16.3 Å². The molecule has 0 amide bonds. The van der Waals surface area contributed by atoms with Crippen molar-refractivity contribution >= 4 is 33.1 Å². The van der Waals surface area contributed by atoms with E-state index in [9.17, 15) is 13.2 Å². The van der Waals surface area contributed by atoms with Crippen LogP contribution >= 0.6 is 11.6 Å². The molecule has 7 heteroatoms. The van der Waals surface area contributed by atoms with Crippen LogP contribution in [0.5, 0.6) is 0 Å². The predicted octanol–water partition coefficient (Wildman–Crippen LogP) is 3.15. The summed E-state index contributed by atoms with van der Waals surface area (Å²) in [6.45, 7) is 1.86. The van der Waals surface area contributed by atoms with Crippen molar-refractivity contribution in [1.29, 1.82) is 0 Å². The quantitative estimate of drug-likeness (QED) is 0.808. The number of halogens is 1. The van der Waals surface area contributed by atoms with Gasteiger partial charge >= 0.3 is 5.97 Å². The number of para-hydroxylation sites is 1. The molecule has 0 unspecified atom stereocenters. The number of esters is 1. The van der Waals surface area contributed by atoms with Crippen LogP contribution in [0.3, 0.4) is 0 Å². The molecule has 2 rings (SSSR count). The SMILES string of the molecule is CCOC(=O)CNc1ccccc1S(=O)(=O)c1ccc(Cl)cc1. The van der Waals surface area contributed by atoms with Gasteiger partial charge in [0.15, 0.2) is 0 Å². The van der Waals surface area contributed by atoms with Gasteiger partial charge in [0.1, 0.15) is 6.54 Å². The zero-order valence-corrected chi connectivity index (χ0v) is 14.0. The molecule has 0 saturated heterocycles. The highest BCUT2D eigenvalue weighted by Gasteiger charge is 2.21. The van der Waals surface area contributed by atoms with E-state index >= 15 is 0 Å². The van der Waals surface area contributed by atoms with E-state index in [2.05, 4.69) is 5.32 Å². The molecule has 0 aromatic heterocycles. The lowest BCUT2D eigenvalue weighted by Gasteiger charge is -2.12. The second-order valence-electron chi connectivity index (χ2n) is 4.61. The third-order valence-electron chi connectivity index (χ3n) is 3.03. The normalized spacial score (nSPS) is 11.0. The summed E-state index contributed by atoms with van der Waals surface area (Å²) >= 11 is 5.79. The minimum Gasteiger partial charge on any atom is -0.465 e. The van der Waals surface area contributed by atoms with Crippen molar-refractivity contribution in [2.24, 2.45) is 0 Å². The molecule has 0 radical (unpaired) electrons. The van der Waals surface area contributed by atoms with Crippen molar-refractivity contribution in [3.63, 3.8) is 0 Å². The molecule has 5 nitrogen and oxygen atoms in total. The Kier molecular flexibility index (Phi) is 5.63. The van der Waals surface area contributed by atoms with Gasteiger partial charge in [0.2, 0.25) is 9.84 Å². The second kappa shape index (κ2) is 7.48. The van der Waals surface area contributed by atoms with Crippen LogP contribution in [0.2, 0.25) is 5.02 Å². The molecule has 1 N–H and O–H groups in total. The van der Waals surface area contributed by atoms with Gasteiger partial charge in [-0.2, -0.15) is 0 Å². The van der Waals surface area contributed by atoms with Gasteiger partial charge in [0.05, 0.1) is 22.1 Å². The molecule has 0 spiro atoms. The Bertz CT molecular complexity index is 788. The molecule has 122 valence electrons. The van der Waals surface area contributed by atoms with Crippen LogP contribution in [0.4, 0.5) is 5.69 Å². The van der Waals surface area contributed by atoms with E-state index in [-0.39, 0.29) is 22.9 Å². The standard InChI is InChI=1S/C16H16ClNO4S/c1-2-22-16(19)11-18-14-5-3-4-6-15(14)23(20,21)13-9-7-12(17)8-10-13/h3-10,18H,2,11H2,1H3. The average molecular weight is 354 g/mol. The van der Waals surface area contributed by atoms with Crippen LogP contribution in [0.25, 0.3) is 0 Å². The highest BCUT2D eigenvalue weighted by atomic mass is 35.5. The van der Waals surface area contributed by atoms with Crippen molar-refractivity contribution in [2.45, 2.75) is 16.7 Å². The van der Waals surface area contributed by atoms with Gasteiger partial charge in [0, 0.05) is 5.02 Å². The Morgan fingerprint density at radius 3 is 2.43 bits per heavy atom. The van der Waals surface area contributed by atoms with Crippen LogP contribution in [0.1, 0.15) is 6.92 Å². The molecule has 0 atom stereocenters. The minimum absolute atomic E-state index is 0.0895. The van der Waals surface area contributed by atoms with E-state index in [0.717, 1.165) is 0 Å². The van der Waals surface area contributed by atoms with Gasteiger partial charge < -0.3 is 10.1 Å². The van der Waals surface area contributed by atoms with Gasteiger partial charge in [-0.1, -0.05) is 23.7 Å². The fourth-order valence-corrected chi connectivity index (χ4v) is 3.53. The molecule has 0 bridgehead atoms. The largest absolute Gasteiger partial charge is 0.465 e. The van der Waals surface area contributed by atoms with Crippen LogP contribution in [0, 0.1) is 0 Å². The van der Waals surface area contributed by atoms with Gasteiger partial charge in [-0.05, 0) is 43.3 Å². The van der Waals surface area contributed by atoms with Gasteiger partial charge in [0.25, 0.3) is 0 Å². The smallest absolute Gasteiger partial charge is 0.325 e. The van der Waals surface area contributed by atoms with Crippen molar-refractivity contribution < 1.29 is 17.9 Å². The monoisotopic (exact) mass is 353 g/mol. The number of hydrogen-bond acceptors (Lipinski definition) is 5. The fraction of sp³-hybridized carbons (Fsp3) is 0.188. The number of rotatable bonds is 6. The summed E-state index contributed by atoms with van der Waals surface area (Å²) in [5, 5.41) is 3.26. The molecule has 0 saturated carbocycles. The molecule has 23 heavy (non-hydrogen) atoms. The molecular formula is C16H16ClNO4S. The van der Waals surface area contributed by atoms with Crippen molar-refractivity contribution in [1.82, 2.24) is 0 Å². The molecule has 0 aliphatic rings. The Morgan fingerprint density at radius 1 is 1.13 bits per heavy atom. The lowest BCUT2D eigenvalue weighted by atomic mass is 10.3. The maximum Gasteiger partial charge on any atom is 0.325 e. The number of carbonyl (C=O) groups excluding carboxylic acids is 1. The number of nitrogens with one attached hydrogen (secondary N) is 1. The third kappa shape index (κ3) is 4.24. The highest BCUT2D eigenvalue weighted by molar-refractivity contribution is 7.91. The predicted molar refractivity (Wildman–Crippen MR) is 88.5 cm³/mol. The second-order valence-corrected chi connectivity index (χ2v) is 6.97. The molecular weight excluding hydrogens is 338 g/mol. The van der Waals surface area contributed by atoms with E-state index in [0.29, 0.717) is 10.7 Å². The zero-order chi connectivity index (χ0) is 16.9. The zero-order valence-electron chi connectivity index (χ0n) is 12.5. The van der Waals surface area contributed by atoms with Gasteiger partial charge in [-0.25, -0.2) is 8.42 Å². The summed E-state index contributed by atoms with van der Waals surface area (Å²) in [4.78, 5) is 11.7. The summed E-state index contributed by atoms with van der Waals surface area (Å²) in [6.07, 6.45) is 0. The summed E-state index contributed by atoms with van der Waals surface area (Å²) in [5.41, 5.74) is 0.343. The Hall–Kier alpha value is -2.05. The highest BCUT2D eigenvalue weighted by Crippen LogP contribution is 2.28. The summed E-state index contributed by atoms with van der Waals surface area (Å²) < 4.78 is 30.3. The lowest BCUT2D eigenvalue weighted by Crippen LogP contribution is -2.18. The van der Waals surface area contributed by atoms with Gasteiger partial charge in [-0.15, -0.1) is 0 Å². The van der Waals surface area contributed by atoms with Gasteiger partial charge in [-0.3, -0.25) is 4.79 Å². The van der Waals surface area contributed by atoms with Crippen LogP contribution in [0.15, 0.2) is 58.3 Å². The van der Waals surface area contributed by atoms with E-state index in [1.165, 1.54) is 30.3 Å². The number of hydrogen-bond donors (Lipinski definition) is 1. The molecule has 0 heterocycles. The summed E-state index contributed by atoms with van der Waals surface area (Å²) in [6, 6.07) is 12.3. The first-order valence-corrected chi connectivity index (χ1v) is 8.80. The maximum atomic E-state index is 12.7. The fourth-order valence-electron chi connectivity index (χ4n) is 1.97. The number of benzene rings is 2. The number of carbonyl (C=O) groups is 1. The van der Waals surface area contributed by atoms with E-state index in [1.807, 2.05) is 0 Å². The molecule has 0 aliphatic carbocycles. The summed E-state index contributed by atoms with van der Waals surface area (Å²) in [5.74, 6) is -0.453. The third-order valence-corrected chi connectivity index (χ3v) is 5.11. The molecule has 2 aromatic carbocycles. The first-order chi connectivity index (χ1) is 10.9. The number of anilines is 1. The van der Waals surface area contributed by atoms with E-state index in [1.54, 1.807) is 25.1 Å². The summed E-state index contributed by atoms with van der Waals surface area (Å²) in [7, 11) is -3.72. The van der Waals surface area contributed by atoms with Crippen molar-refractivity contribution in [2.75, 3.05) is 18.5 Å². The Morgan fingerprint density at radius 2 is 1.78 bits per heavy atom.